The van der Waals surface area contributed by atoms with Crippen molar-refractivity contribution in [1.29, 1.82) is 0 Å². The minimum Gasteiger partial charge on any atom is -0.326 e. The van der Waals surface area contributed by atoms with E-state index in [0.717, 1.165) is 15.3 Å². The summed E-state index contributed by atoms with van der Waals surface area (Å²) in [5.41, 5.74) is 7.17. The van der Waals surface area contributed by atoms with Crippen molar-refractivity contribution in [3.63, 3.8) is 0 Å². The standard InChI is InChI=1S/C13H16ClNS/c1-13(2,3)8-4-5-9-10(6-8)16-11(7-15)12(9)14/h4-6H,7,15H2,1-3H3. The highest BCUT2D eigenvalue weighted by Crippen LogP contribution is 2.37. The summed E-state index contributed by atoms with van der Waals surface area (Å²) in [5, 5.41) is 1.95. The van der Waals surface area contributed by atoms with Gasteiger partial charge in [-0.1, -0.05) is 44.5 Å². The highest BCUT2D eigenvalue weighted by Gasteiger charge is 2.16. The monoisotopic (exact) mass is 253 g/mol. The van der Waals surface area contributed by atoms with Gasteiger partial charge in [0.15, 0.2) is 0 Å². The van der Waals surface area contributed by atoms with Crippen molar-refractivity contribution in [3.05, 3.63) is 33.7 Å². The maximum atomic E-state index is 6.25. The average Bonchev–Trinajstić information content (AvgIpc) is 2.54. The summed E-state index contributed by atoms with van der Waals surface area (Å²) >= 11 is 7.95. The summed E-state index contributed by atoms with van der Waals surface area (Å²) in [6, 6.07) is 6.49. The van der Waals surface area contributed by atoms with Gasteiger partial charge in [0, 0.05) is 21.5 Å². The molecule has 1 heterocycles. The Morgan fingerprint density at radius 3 is 2.56 bits per heavy atom. The Morgan fingerprint density at radius 2 is 2.00 bits per heavy atom. The molecule has 86 valence electrons. The zero-order valence-electron chi connectivity index (χ0n) is 9.80. The van der Waals surface area contributed by atoms with Crippen molar-refractivity contribution in [3.8, 4) is 0 Å². The molecule has 16 heavy (non-hydrogen) atoms. The van der Waals surface area contributed by atoms with E-state index in [1.54, 1.807) is 11.3 Å². The van der Waals surface area contributed by atoms with Crippen molar-refractivity contribution in [2.75, 3.05) is 0 Å². The number of fused-ring (bicyclic) bond motifs is 1. The van der Waals surface area contributed by atoms with Gasteiger partial charge in [0.25, 0.3) is 0 Å². The van der Waals surface area contributed by atoms with Crippen molar-refractivity contribution in [2.24, 2.45) is 5.73 Å². The number of thiophene rings is 1. The molecule has 0 unspecified atom stereocenters. The SMILES string of the molecule is CC(C)(C)c1ccc2c(Cl)c(CN)sc2c1. The maximum Gasteiger partial charge on any atom is 0.0636 e. The fourth-order valence-electron chi connectivity index (χ4n) is 1.71. The lowest BCUT2D eigenvalue weighted by molar-refractivity contribution is 0.591. The van der Waals surface area contributed by atoms with Crippen molar-refractivity contribution in [2.45, 2.75) is 32.7 Å². The number of benzene rings is 1. The van der Waals surface area contributed by atoms with Crippen molar-refractivity contribution >= 4 is 33.0 Å². The van der Waals surface area contributed by atoms with Crippen LogP contribution < -0.4 is 5.73 Å². The van der Waals surface area contributed by atoms with Gasteiger partial charge in [-0.15, -0.1) is 11.3 Å². The summed E-state index contributed by atoms with van der Waals surface area (Å²) in [6.07, 6.45) is 0. The van der Waals surface area contributed by atoms with E-state index in [0.29, 0.717) is 6.54 Å². The quantitative estimate of drug-likeness (QED) is 0.805. The molecule has 0 spiro atoms. The molecule has 1 nitrogen and oxygen atoms in total. The molecule has 0 aliphatic heterocycles. The maximum absolute atomic E-state index is 6.25. The number of hydrogen-bond donors (Lipinski definition) is 1. The van der Waals surface area contributed by atoms with Crippen LogP contribution in [-0.4, -0.2) is 0 Å². The third-order valence-electron chi connectivity index (χ3n) is 2.75. The Kier molecular flexibility index (Phi) is 2.99. The fraction of sp³-hybridized carbons (Fsp3) is 0.385. The number of rotatable bonds is 1. The smallest absolute Gasteiger partial charge is 0.0636 e. The second-order valence-corrected chi connectivity index (χ2v) is 6.52. The topological polar surface area (TPSA) is 26.0 Å². The van der Waals surface area contributed by atoms with E-state index in [9.17, 15) is 0 Å². The molecule has 0 bridgehead atoms. The molecule has 1 aromatic carbocycles. The van der Waals surface area contributed by atoms with Crippen LogP contribution in [-0.2, 0) is 12.0 Å². The molecule has 0 aliphatic rings. The molecule has 1 aromatic heterocycles. The lowest BCUT2D eigenvalue weighted by Gasteiger charge is -2.18. The molecule has 0 atom stereocenters. The predicted octanol–water partition coefficient (Wildman–Crippen LogP) is 4.31. The van der Waals surface area contributed by atoms with Crippen LogP contribution in [0.4, 0.5) is 0 Å². The number of nitrogens with two attached hydrogens (primary N) is 1. The second kappa shape index (κ2) is 4.02. The molecule has 0 saturated heterocycles. The lowest BCUT2D eigenvalue weighted by atomic mass is 9.87. The molecule has 3 heteroatoms. The fourth-order valence-corrected chi connectivity index (χ4v) is 3.14. The molecule has 2 rings (SSSR count). The molecule has 0 aliphatic carbocycles. The van der Waals surface area contributed by atoms with Gasteiger partial charge in [-0.2, -0.15) is 0 Å². The van der Waals surface area contributed by atoms with E-state index < -0.39 is 0 Å². The Bertz CT molecular complexity index is 522. The first-order chi connectivity index (χ1) is 7.43. The van der Waals surface area contributed by atoms with Crippen LogP contribution in [0, 0.1) is 0 Å². The minimum absolute atomic E-state index is 0.174. The van der Waals surface area contributed by atoms with E-state index in [1.165, 1.54) is 10.3 Å². The van der Waals surface area contributed by atoms with Gasteiger partial charge in [-0.3, -0.25) is 0 Å². The van der Waals surface area contributed by atoms with Crippen LogP contribution in [0.3, 0.4) is 0 Å². The van der Waals surface area contributed by atoms with E-state index in [1.807, 2.05) is 0 Å². The van der Waals surface area contributed by atoms with Gasteiger partial charge in [0.2, 0.25) is 0 Å². The van der Waals surface area contributed by atoms with Gasteiger partial charge in [-0.25, -0.2) is 0 Å². The Hall–Kier alpha value is -0.570. The van der Waals surface area contributed by atoms with Gasteiger partial charge in [0.05, 0.1) is 5.02 Å². The Morgan fingerprint density at radius 1 is 1.31 bits per heavy atom. The lowest BCUT2D eigenvalue weighted by Crippen LogP contribution is -2.10. The third kappa shape index (κ3) is 1.97. The molecule has 0 amide bonds. The summed E-state index contributed by atoms with van der Waals surface area (Å²) in [5.74, 6) is 0. The van der Waals surface area contributed by atoms with Crippen molar-refractivity contribution < 1.29 is 0 Å². The van der Waals surface area contributed by atoms with Crippen LogP contribution in [0.1, 0.15) is 31.2 Å². The number of halogens is 1. The molecule has 0 saturated carbocycles. The van der Waals surface area contributed by atoms with Crippen LogP contribution >= 0.6 is 22.9 Å². The summed E-state index contributed by atoms with van der Waals surface area (Å²) in [6.45, 7) is 7.16. The molecule has 0 radical (unpaired) electrons. The third-order valence-corrected chi connectivity index (χ3v) is 4.47. The number of hydrogen-bond acceptors (Lipinski definition) is 2. The summed E-state index contributed by atoms with van der Waals surface area (Å²) < 4.78 is 1.23. The van der Waals surface area contributed by atoms with Gasteiger partial charge in [0.1, 0.15) is 0 Å². The summed E-state index contributed by atoms with van der Waals surface area (Å²) in [7, 11) is 0. The second-order valence-electron chi connectivity index (χ2n) is 5.00. The Labute approximate surface area is 105 Å². The highest BCUT2D eigenvalue weighted by molar-refractivity contribution is 7.19. The first kappa shape index (κ1) is 11.9. The first-order valence-electron chi connectivity index (χ1n) is 5.35. The Balaban J connectivity index is 2.64. The minimum atomic E-state index is 0.174. The van der Waals surface area contributed by atoms with Crippen LogP contribution in [0.15, 0.2) is 18.2 Å². The molecular weight excluding hydrogens is 238 g/mol. The highest BCUT2D eigenvalue weighted by atomic mass is 35.5. The first-order valence-corrected chi connectivity index (χ1v) is 6.54. The zero-order chi connectivity index (χ0) is 11.9. The van der Waals surface area contributed by atoms with E-state index in [4.69, 9.17) is 17.3 Å². The molecule has 0 fully saturated rings. The van der Waals surface area contributed by atoms with Gasteiger partial charge in [-0.05, 0) is 17.0 Å². The van der Waals surface area contributed by atoms with Crippen LogP contribution in [0.5, 0.6) is 0 Å². The molecular formula is C13H16ClNS. The zero-order valence-corrected chi connectivity index (χ0v) is 11.4. The van der Waals surface area contributed by atoms with E-state index in [-0.39, 0.29) is 5.41 Å². The van der Waals surface area contributed by atoms with Gasteiger partial charge < -0.3 is 5.73 Å². The molecule has 2 N–H and O–H groups in total. The average molecular weight is 254 g/mol. The summed E-state index contributed by atoms with van der Waals surface area (Å²) in [4.78, 5) is 1.07. The van der Waals surface area contributed by atoms with E-state index in [2.05, 4.69) is 39.0 Å². The van der Waals surface area contributed by atoms with Crippen LogP contribution in [0.2, 0.25) is 5.02 Å². The predicted molar refractivity (Wildman–Crippen MR) is 73.4 cm³/mol. The largest absolute Gasteiger partial charge is 0.326 e. The normalized spacial score (nSPS) is 12.3. The van der Waals surface area contributed by atoms with E-state index >= 15 is 0 Å². The van der Waals surface area contributed by atoms with Crippen molar-refractivity contribution in [1.82, 2.24) is 0 Å². The molecule has 2 aromatic rings. The van der Waals surface area contributed by atoms with Gasteiger partial charge >= 0.3 is 0 Å². The van der Waals surface area contributed by atoms with Crippen LogP contribution in [0.25, 0.3) is 10.1 Å².